The van der Waals surface area contributed by atoms with E-state index in [-0.39, 0.29) is 17.6 Å². The van der Waals surface area contributed by atoms with E-state index in [4.69, 9.17) is 4.42 Å². The van der Waals surface area contributed by atoms with Gasteiger partial charge in [-0.1, -0.05) is 32.5 Å². The highest BCUT2D eigenvalue weighted by Crippen LogP contribution is 2.35. The molecule has 1 spiro atoms. The summed E-state index contributed by atoms with van der Waals surface area (Å²) in [6.07, 6.45) is 4.52. The number of urea groups is 1. The van der Waals surface area contributed by atoms with E-state index in [9.17, 15) is 14.4 Å². The molecule has 0 aromatic carbocycles. The summed E-state index contributed by atoms with van der Waals surface area (Å²) >= 11 is 1.19. The third-order valence-corrected chi connectivity index (χ3v) is 6.98. The van der Waals surface area contributed by atoms with Gasteiger partial charge in [-0.25, -0.2) is 4.79 Å². The zero-order chi connectivity index (χ0) is 22.9. The summed E-state index contributed by atoms with van der Waals surface area (Å²) in [6, 6.07) is 3.10. The van der Waals surface area contributed by atoms with Crippen molar-refractivity contribution in [3.05, 3.63) is 30.0 Å². The number of nitrogens with zero attached hydrogens (tertiary/aromatic N) is 4. The van der Waals surface area contributed by atoms with Gasteiger partial charge < -0.3 is 9.73 Å². The van der Waals surface area contributed by atoms with Crippen molar-refractivity contribution in [1.82, 2.24) is 30.5 Å². The molecule has 2 fully saturated rings. The van der Waals surface area contributed by atoms with E-state index in [0.717, 1.165) is 29.4 Å². The second kappa shape index (κ2) is 8.97. The molecular weight excluding hydrogens is 432 g/mol. The highest BCUT2D eigenvalue weighted by Gasteiger charge is 2.52. The predicted octanol–water partition coefficient (Wildman–Crippen LogP) is 2.67. The number of hydrogen-bond donors (Lipinski definition) is 2. The van der Waals surface area contributed by atoms with E-state index in [0.29, 0.717) is 30.5 Å². The molecule has 3 heterocycles. The molecule has 10 nitrogen and oxygen atoms in total. The first-order valence-corrected chi connectivity index (χ1v) is 11.8. The quantitative estimate of drug-likeness (QED) is 0.481. The Morgan fingerprint density at radius 1 is 1.34 bits per heavy atom. The number of thioether (sulfide) groups is 1. The van der Waals surface area contributed by atoms with Crippen LogP contribution in [0.5, 0.6) is 0 Å². The fraction of sp³-hybridized carbons (Fsp3) is 0.571. The fourth-order valence-electron chi connectivity index (χ4n) is 4.14. The zero-order valence-corrected chi connectivity index (χ0v) is 19.3. The first-order valence-electron chi connectivity index (χ1n) is 10.8. The molecule has 4 rings (SSSR count). The van der Waals surface area contributed by atoms with Crippen molar-refractivity contribution >= 4 is 29.6 Å². The molecule has 0 radical (unpaired) electrons. The maximum absolute atomic E-state index is 12.9. The number of carbonyl (C=O) groups excluding carboxylic acids is 3. The number of carbonyl (C=O) groups is 3. The molecule has 0 bridgehead atoms. The topological polar surface area (TPSA) is 122 Å². The van der Waals surface area contributed by atoms with Crippen LogP contribution in [-0.2, 0) is 16.1 Å². The second-order valence-electron chi connectivity index (χ2n) is 8.82. The molecule has 4 amide bonds. The van der Waals surface area contributed by atoms with Crippen LogP contribution in [0.2, 0.25) is 0 Å². The van der Waals surface area contributed by atoms with Gasteiger partial charge in [0.2, 0.25) is 5.91 Å². The highest BCUT2D eigenvalue weighted by atomic mass is 32.2. The van der Waals surface area contributed by atoms with Gasteiger partial charge in [0.1, 0.15) is 17.1 Å². The van der Waals surface area contributed by atoms with Crippen molar-refractivity contribution in [3.63, 3.8) is 0 Å². The van der Waals surface area contributed by atoms with Gasteiger partial charge in [0, 0.05) is 5.92 Å². The number of nitrogens with one attached hydrogen (secondary N) is 2. The lowest BCUT2D eigenvalue weighted by Crippen LogP contribution is -2.51. The molecule has 0 unspecified atom stereocenters. The van der Waals surface area contributed by atoms with Crippen molar-refractivity contribution < 1.29 is 18.8 Å². The summed E-state index contributed by atoms with van der Waals surface area (Å²) < 4.78 is 7.35. The summed E-state index contributed by atoms with van der Waals surface area (Å²) in [4.78, 5) is 37.9. The molecule has 172 valence electrons. The minimum Gasteiger partial charge on any atom is -0.467 e. The number of rotatable bonds is 7. The number of hydrazine groups is 1. The minimum atomic E-state index is -0.889. The molecular formula is C21H28N6O4S. The third kappa shape index (κ3) is 4.38. The predicted molar refractivity (Wildman–Crippen MR) is 117 cm³/mol. The third-order valence-electron chi connectivity index (χ3n) is 6.01. The van der Waals surface area contributed by atoms with E-state index < -0.39 is 17.5 Å². The number of furan rings is 1. The van der Waals surface area contributed by atoms with Gasteiger partial charge in [-0.05, 0) is 43.7 Å². The van der Waals surface area contributed by atoms with Crippen LogP contribution in [0.25, 0.3) is 0 Å². The van der Waals surface area contributed by atoms with Gasteiger partial charge in [-0.2, -0.15) is 5.01 Å². The zero-order valence-electron chi connectivity index (χ0n) is 18.5. The lowest BCUT2D eigenvalue weighted by molar-refractivity contribution is -0.139. The molecule has 2 aromatic heterocycles. The van der Waals surface area contributed by atoms with E-state index in [2.05, 4.69) is 27.9 Å². The molecule has 2 aromatic rings. The number of amides is 4. The lowest BCUT2D eigenvalue weighted by atomic mass is 9.77. The molecule has 11 heteroatoms. The van der Waals surface area contributed by atoms with Crippen LogP contribution in [-0.4, -0.2) is 48.9 Å². The first-order chi connectivity index (χ1) is 15.3. The Morgan fingerprint density at radius 2 is 2.09 bits per heavy atom. The van der Waals surface area contributed by atoms with E-state index >= 15 is 0 Å². The number of imide groups is 1. The molecule has 32 heavy (non-hydrogen) atoms. The van der Waals surface area contributed by atoms with Gasteiger partial charge in [0.25, 0.3) is 5.91 Å². The van der Waals surface area contributed by atoms with Crippen molar-refractivity contribution in [2.75, 3.05) is 5.75 Å². The average molecular weight is 461 g/mol. The maximum Gasteiger partial charge on any atom is 0.344 e. The van der Waals surface area contributed by atoms with E-state index in [1.54, 1.807) is 6.26 Å². The number of aromatic nitrogens is 3. The van der Waals surface area contributed by atoms with Crippen molar-refractivity contribution in [1.29, 1.82) is 0 Å². The van der Waals surface area contributed by atoms with Crippen LogP contribution >= 0.6 is 11.8 Å². The van der Waals surface area contributed by atoms with Crippen molar-refractivity contribution in [3.8, 4) is 0 Å². The Morgan fingerprint density at radius 3 is 2.75 bits per heavy atom. The molecule has 2 N–H and O–H groups in total. The Balaban J connectivity index is 1.39. The van der Waals surface area contributed by atoms with Gasteiger partial charge in [-0.3, -0.25) is 19.6 Å². The molecule has 2 aliphatic rings. The summed E-state index contributed by atoms with van der Waals surface area (Å²) in [5.41, 5.74) is 1.57. The minimum absolute atomic E-state index is 0.0184. The summed E-state index contributed by atoms with van der Waals surface area (Å²) in [6.45, 7) is 6.62. The largest absolute Gasteiger partial charge is 0.467 e. The standard InChI is InChI=1S/C21H28N6O4S/c1-13(2)17-23-24-20(26(17)11-15-5-4-10-31-15)32-12-16(28)25-27-18(29)21(22-19(27)30)8-6-14(3)7-9-21/h4-5,10,13-14H,6-9,11-12H2,1-3H3,(H,22,30)(H,25,28). The van der Waals surface area contributed by atoms with Crippen LogP contribution < -0.4 is 10.7 Å². The maximum atomic E-state index is 12.9. The fourth-order valence-corrected chi connectivity index (χ4v) is 4.88. The molecule has 1 saturated heterocycles. The first kappa shape index (κ1) is 22.4. The van der Waals surface area contributed by atoms with Crippen molar-refractivity contribution in [2.45, 2.75) is 69.6 Å². The monoisotopic (exact) mass is 460 g/mol. The van der Waals surface area contributed by atoms with Crippen LogP contribution in [0.4, 0.5) is 4.79 Å². The molecule has 0 atom stereocenters. The Bertz CT molecular complexity index is 994. The normalized spacial score (nSPS) is 23.2. The Kier molecular flexibility index (Phi) is 6.27. The van der Waals surface area contributed by atoms with E-state index in [1.165, 1.54) is 11.8 Å². The van der Waals surface area contributed by atoms with Gasteiger partial charge in [0.05, 0.1) is 18.6 Å². The Hall–Kier alpha value is -2.82. The van der Waals surface area contributed by atoms with Crippen LogP contribution in [0.3, 0.4) is 0 Å². The highest BCUT2D eigenvalue weighted by molar-refractivity contribution is 7.99. The SMILES string of the molecule is CC1CCC2(CC1)NC(=O)N(NC(=O)CSc1nnc(C(C)C)n1Cc1ccco1)C2=O. The van der Waals surface area contributed by atoms with Crippen LogP contribution in [0.1, 0.15) is 64.0 Å². The molecule has 1 aliphatic heterocycles. The van der Waals surface area contributed by atoms with E-state index in [1.807, 2.05) is 30.5 Å². The lowest BCUT2D eigenvalue weighted by Gasteiger charge is -2.33. The number of hydrogen-bond acceptors (Lipinski definition) is 7. The summed E-state index contributed by atoms with van der Waals surface area (Å²) in [5, 5.41) is 12.7. The van der Waals surface area contributed by atoms with Gasteiger partial charge in [0.15, 0.2) is 5.16 Å². The Labute approximate surface area is 190 Å². The summed E-state index contributed by atoms with van der Waals surface area (Å²) in [7, 11) is 0. The summed E-state index contributed by atoms with van der Waals surface area (Å²) in [5.74, 6) is 1.35. The smallest absolute Gasteiger partial charge is 0.344 e. The van der Waals surface area contributed by atoms with Gasteiger partial charge in [-0.15, -0.1) is 10.2 Å². The molecule has 1 saturated carbocycles. The average Bonchev–Trinajstić information content (AvgIpc) is 3.46. The van der Waals surface area contributed by atoms with Crippen LogP contribution in [0.15, 0.2) is 28.0 Å². The van der Waals surface area contributed by atoms with Crippen molar-refractivity contribution in [2.24, 2.45) is 5.92 Å². The van der Waals surface area contributed by atoms with Crippen LogP contribution in [0, 0.1) is 5.92 Å². The molecule has 1 aliphatic carbocycles. The second-order valence-corrected chi connectivity index (χ2v) is 9.76. The van der Waals surface area contributed by atoms with Gasteiger partial charge >= 0.3 is 6.03 Å².